The number of rotatable bonds is 2. The minimum atomic E-state index is -0.0569. The molecule has 1 fully saturated rings. The normalized spacial score (nSPS) is 25.0. The predicted octanol–water partition coefficient (Wildman–Crippen LogP) is 1.18. The average Bonchev–Trinajstić information content (AvgIpc) is 2.74. The SMILES string of the molecule is Cc1ocnc1C(=O)N1CCC(C)CC1CN. The minimum Gasteiger partial charge on any atom is -0.448 e. The van der Waals surface area contributed by atoms with E-state index in [1.807, 2.05) is 4.90 Å². The van der Waals surface area contributed by atoms with Gasteiger partial charge in [0.2, 0.25) is 0 Å². The molecule has 1 amide bonds. The Hall–Kier alpha value is -1.36. The third-order valence-corrected chi connectivity index (χ3v) is 3.46. The summed E-state index contributed by atoms with van der Waals surface area (Å²) in [5.74, 6) is 1.15. The summed E-state index contributed by atoms with van der Waals surface area (Å²) in [5, 5.41) is 0. The first-order valence-electron chi connectivity index (χ1n) is 6.04. The second-order valence-electron chi connectivity index (χ2n) is 4.77. The second-order valence-corrected chi connectivity index (χ2v) is 4.77. The van der Waals surface area contributed by atoms with Crippen molar-refractivity contribution in [2.45, 2.75) is 32.7 Å². The molecule has 94 valence electrons. The summed E-state index contributed by atoms with van der Waals surface area (Å²) in [4.78, 5) is 18.1. The molecule has 2 atom stereocenters. The standard InChI is InChI=1S/C12H19N3O2/c1-8-3-4-15(10(5-8)6-13)12(16)11-9(2)17-7-14-11/h7-8,10H,3-6,13H2,1-2H3. The summed E-state index contributed by atoms with van der Waals surface area (Å²) in [7, 11) is 0. The van der Waals surface area contributed by atoms with Crippen LogP contribution in [0.2, 0.25) is 0 Å². The summed E-state index contributed by atoms with van der Waals surface area (Å²) in [5.41, 5.74) is 6.16. The third-order valence-electron chi connectivity index (χ3n) is 3.46. The zero-order valence-corrected chi connectivity index (χ0v) is 10.3. The first-order valence-corrected chi connectivity index (χ1v) is 6.04. The lowest BCUT2D eigenvalue weighted by Gasteiger charge is -2.37. The molecular formula is C12H19N3O2. The fourth-order valence-corrected chi connectivity index (χ4v) is 2.39. The van der Waals surface area contributed by atoms with Gasteiger partial charge in [-0.15, -0.1) is 0 Å². The Morgan fingerprint density at radius 3 is 3.06 bits per heavy atom. The number of nitrogens with two attached hydrogens (primary N) is 1. The van der Waals surface area contributed by atoms with E-state index in [9.17, 15) is 4.79 Å². The molecule has 1 aliphatic heterocycles. The zero-order chi connectivity index (χ0) is 12.4. The molecule has 0 aliphatic carbocycles. The van der Waals surface area contributed by atoms with Crippen LogP contribution in [-0.2, 0) is 0 Å². The molecule has 2 unspecified atom stereocenters. The number of piperidine rings is 1. The minimum absolute atomic E-state index is 0.0569. The lowest BCUT2D eigenvalue weighted by Crippen LogP contribution is -2.49. The van der Waals surface area contributed by atoms with Crippen molar-refractivity contribution in [3.63, 3.8) is 0 Å². The first kappa shape index (κ1) is 12.1. The second kappa shape index (κ2) is 4.87. The van der Waals surface area contributed by atoms with Crippen LogP contribution >= 0.6 is 0 Å². The molecule has 2 rings (SSSR count). The quantitative estimate of drug-likeness (QED) is 0.838. The smallest absolute Gasteiger partial charge is 0.276 e. The van der Waals surface area contributed by atoms with Crippen LogP contribution in [0.15, 0.2) is 10.8 Å². The zero-order valence-electron chi connectivity index (χ0n) is 10.3. The molecular weight excluding hydrogens is 218 g/mol. The highest BCUT2D eigenvalue weighted by Crippen LogP contribution is 2.23. The molecule has 5 nitrogen and oxygen atoms in total. The van der Waals surface area contributed by atoms with Gasteiger partial charge in [0.15, 0.2) is 12.1 Å². The number of hydrogen-bond acceptors (Lipinski definition) is 4. The molecule has 0 aromatic carbocycles. The Labute approximate surface area is 101 Å². The van der Waals surface area contributed by atoms with E-state index < -0.39 is 0 Å². The number of nitrogens with zero attached hydrogens (tertiary/aromatic N) is 2. The van der Waals surface area contributed by atoms with Gasteiger partial charge in [-0.25, -0.2) is 4.98 Å². The third kappa shape index (κ3) is 2.34. The molecule has 1 aliphatic rings. The molecule has 1 aromatic heterocycles. The molecule has 0 bridgehead atoms. The fraction of sp³-hybridized carbons (Fsp3) is 0.667. The number of carbonyl (C=O) groups is 1. The lowest BCUT2D eigenvalue weighted by molar-refractivity contribution is 0.0566. The Morgan fingerprint density at radius 2 is 2.47 bits per heavy atom. The molecule has 2 N–H and O–H groups in total. The molecule has 0 spiro atoms. The summed E-state index contributed by atoms with van der Waals surface area (Å²) >= 11 is 0. The monoisotopic (exact) mass is 237 g/mol. The van der Waals surface area contributed by atoms with Gasteiger partial charge >= 0.3 is 0 Å². The molecule has 0 saturated carbocycles. The number of amides is 1. The van der Waals surface area contributed by atoms with Gasteiger partial charge in [0.05, 0.1) is 0 Å². The van der Waals surface area contributed by atoms with E-state index >= 15 is 0 Å². The van der Waals surface area contributed by atoms with E-state index in [4.69, 9.17) is 10.2 Å². The van der Waals surface area contributed by atoms with Crippen molar-refractivity contribution in [2.75, 3.05) is 13.1 Å². The van der Waals surface area contributed by atoms with Crippen LogP contribution < -0.4 is 5.73 Å². The van der Waals surface area contributed by atoms with Crippen LogP contribution in [0, 0.1) is 12.8 Å². The van der Waals surface area contributed by atoms with Gasteiger partial charge in [0, 0.05) is 19.1 Å². The van der Waals surface area contributed by atoms with Crippen LogP contribution in [0.4, 0.5) is 0 Å². The fourth-order valence-electron chi connectivity index (χ4n) is 2.39. The van der Waals surface area contributed by atoms with Crippen LogP contribution in [0.1, 0.15) is 36.0 Å². The number of carbonyl (C=O) groups excluding carboxylic acids is 1. The van der Waals surface area contributed by atoms with Gasteiger partial charge in [-0.1, -0.05) is 6.92 Å². The van der Waals surface area contributed by atoms with Crippen molar-refractivity contribution in [1.82, 2.24) is 9.88 Å². The van der Waals surface area contributed by atoms with Crippen molar-refractivity contribution in [1.29, 1.82) is 0 Å². The van der Waals surface area contributed by atoms with Crippen molar-refractivity contribution < 1.29 is 9.21 Å². The Bertz CT molecular complexity index is 402. The molecule has 0 radical (unpaired) electrons. The largest absolute Gasteiger partial charge is 0.448 e. The van der Waals surface area contributed by atoms with E-state index in [0.717, 1.165) is 19.4 Å². The molecule has 17 heavy (non-hydrogen) atoms. The first-order chi connectivity index (χ1) is 8.13. The van der Waals surface area contributed by atoms with Gasteiger partial charge in [-0.05, 0) is 25.7 Å². The van der Waals surface area contributed by atoms with Crippen LogP contribution in [0.25, 0.3) is 0 Å². The Kier molecular flexibility index (Phi) is 3.47. The Balaban J connectivity index is 2.16. The lowest BCUT2D eigenvalue weighted by atomic mass is 9.92. The van der Waals surface area contributed by atoms with E-state index in [2.05, 4.69) is 11.9 Å². The van der Waals surface area contributed by atoms with Gasteiger partial charge in [0.25, 0.3) is 5.91 Å². The van der Waals surface area contributed by atoms with E-state index in [1.165, 1.54) is 6.39 Å². The highest BCUT2D eigenvalue weighted by atomic mass is 16.3. The number of likely N-dealkylation sites (tertiary alicyclic amines) is 1. The summed E-state index contributed by atoms with van der Waals surface area (Å²) in [6, 6.07) is 0.127. The van der Waals surface area contributed by atoms with Crippen LogP contribution in [0.3, 0.4) is 0 Å². The maximum absolute atomic E-state index is 12.3. The number of aryl methyl sites for hydroxylation is 1. The summed E-state index contributed by atoms with van der Waals surface area (Å²) in [6.07, 6.45) is 3.31. The van der Waals surface area contributed by atoms with Crippen molar-refractivity contribution >= 4 is 5.91 Å². The van der Waals surface area contributed by atoms with Gasteiger partial charge < -0.3 is 15.1 Å². The van der Waals surface area contributed by atoms with E-state index in [-0.39, 0.29) is 11.9 Å². The number of oxazole rings is 1. The molecule has 1 saturated heterocycles. The van der Waals surface area contributed by atoms with E-state index in [0.29, 0.717) is 23.9 Å². The maximum atomic E-state index is 12.3. The number of hydrogen-bond donors (Lipinski definition) is 1. The number of aromatic nitrogens is 1. The Morgan fingerprint density at radius 1 is 1.71 bits per heavy atom. The highest BCUT2D eigenvalue weighted by Gasteiger charge is 2.31. The van der Waals surface area contributed by atoms with Crippen molar-refractivity contribution in [2.24, 2.45) is 11.7 Å². The average molecular weight is 237 g/mol. The van der Waals surface area contributed by atoms with E-state index in [1.54, 1.807) is 6.92 Å². The summed E-state index contributed by atoms with van der Waals surface area (Å²) < 4.78 is 5.08. The molecule has 2 heterocycles. The molecule has 5 heteroatoms. The van der Waals surface area contributed by atoms with Gasteiger partial charge in [-0.3, -0.25) is 4.79 Å². The predicted molar refractivity (Wildman–Crippen MR) is 63.5 cm³/mol. The van der Waals surface area contributed by atoms with Crippen molar-refractivity contribution in [3.8, 4) is 0 Å². The maximum Gasteiger partial charge on any atom is 0.276 e. The summed E-state index contributed by atoms with van der Waals surface area (Å²) in [6.45, 7) is 5.22. The van der Waals surface area contributed by atoms with Crippen LogP contribution in [0.5, 0.6) is 0 Å². The highest BCUT2D eigenvalue weighted by molar-refractivity contribution is 5.93. The van der Waals surface area contributed by atoms with Gasteiger partial charge in [0.1, 0.15) is 5.76 Å². The van der Waals surface area contributed by atoms with Crippen molar-refractivity contribution in [3.05, 3.63) is 17.8 Å². The molecule has 1 aromatic rings. The topological polar surface area (TPSA) is 72.4 Å². The van der Waals surface area contributed by atoms with Gasteiger partial charge in [-0.2, -0.15) is 0 Å². The van der Waals surface area contributed by atoms with Crippen LogP contribution in [-0.4, -0.2) is 34.9 Å².